The zero-order chi connectivity index (χ0) is 13.9. The molecule has 0 aliphatic heterocycles. The fraction of sp³-hybridized carbons (Fsp3) is 0. The van der Waals surface area contributed by atoms with Crippen molar-refractivity contribution < 1.29 is 27.7 Å². The zero-order valence-corrected chi connectivity index (χ0v) is 19.6. The van der Waals surface area contributed by atoms with E-state index in [1.54, 1.807) is 22.7 Å². The van der Waals surface area contributed by atoms with E-state index >= 15 is 0 Å². The minimum Gasteiger partial charge on any atom is -0.408 e. The van der Waals surface area contributed by atoms with Crippen molar-refractivity contribution >= 4 is 68.4 Å². The van der Waals surface area contributed by atoms with E-state index in [-0.39, 0.29) is 27.7 Å². The second-order valence-electron chi connectivity index (χ2n) is 3.89. The van der Waals surface area contributed by atoms with Crippen LogP contribution in [0.25, 0.3) is 20.4 Å². The Labute approximate surface area is 162 Å². The minimum atomic E-state index is 0. The van der Waals surface area contributed by atoms with Crippen LogP contribution in [0.3, 0.4) is 0 Å². The van der Waals surface area contributed by atoms with Crippen molar-refractivity contribution in [3.05, 3.63) is 48.5 Å². The Hall–Kier alpha value is -0.405. The number of benzene rings is 2. The van der Waals surface area contributed by atoms with Crippen molar-refractivity contribution in [3.63, 3.8) is 0 Å². The van der Waals surface area contributed by atoms with Crippen LogP contribution in [0.15, 0.2) is 57.2 Å². The molecule has 0 fully saturated rings. The third kappa shape index (κ3) is 4.29. The van der Waals surface area contributed by atoms with E-state index in [4.69, 9.17) is 25.3 Å². The van der Waals surface area contributed by atoms with Crippen LogP contribution in [0.1, 0.15) is 0 Å². The van der Waals surface area contributed by atoms with Crippen LogP contribution in [0.2, 0.25) is 0 Å². The molecule has 0 bridgehead atoms. The predicted octanol–water partition coefficient (Wildman–Crippen LogP) is 4.40. The Balaban J connectivity index is 0.000000147. The first-order chi connectivity index (χ1) is 9.72. The molecule has 0 N–H and O–H groups in total. The SMILES string of the molecule is [Hg+2].[S-]c1nc2ccccc2s1.[S-]c1nc2ccccc2s1. The number of nitrogens with zero attached hydrogens (tertiary/aromatic N) is 2. The molecule has 0 amide bonds. The molecule has 4 rings (SSSR count). The smallest absolute Gasteiger partial charge is 0.408 e. The first-order valence-electron chi connectivity index (χ1n) is 5.77. The quantitative estimate of drug-likeness (QED) is 0.248. The predicted molar refractivity (Wildman–Crippen MR) is 90.5 cm³/mol. The molecular formula is C14H8HgN2S4. The summed E-state index contributed by atoms with van der Waals surface area (Å²) >= 11 is 13.0. The normalized spacial score (nSPS) is 9.90. The molecule has 2 aromatic heterocycles. The van der Waals surface area contributed by atoms with Gasteiger partial charge in [0.05, 0.1) is 11.0 Å². The van der Waals surface area contributed by atoms with Crippen molar-refractivity contribution in [3.8, 4) is 0 Å². The summed E-state index contributed by atoms with van der Waals surface area (Å²) in [5.74, 6) is 0. The summed E-state index contributed by atoms with van der Waals surface area (Å²) in [5, 5.41) is 0. The molecule has 0 radical (unpaired) electrons. The van der Waals surface area contributed by atoms with Crippen LogP contribution in [0, 0.1) is 0 Å². The molecule has 0 aliphatic rings. The number of para-hydroxylation sites is 2. The van der Waals surface area contributed by atoms with Gasteiger partial charge in [0.2, 0.25) is 0 Å². The Bertz CT molecular complexity index is 718. The Morgan fingerprint density at radius 2 is 1.05 bits per heavy atom. The summed E-state index contributed by atoms with van der Waals surface area (Å²) in [6.07, 6.45) is 0. The molecule has 100 valence electrons. The van der Waals surface area contributed by atoms with Crippen LogP contribution in [0.5, 0.6) is 0 Å². The average Bonchev–Trinajstić information content (AvgIpc) is 2.99. The number of aromatic nitrogens is 2. The van der Waals surface area contributed by atoms with E-state index in [2.05, 4.69) is 9.97 Å². The van der Waals surface area contributed by atoms with Crippen LogP contribution in [-0.4, -0.2) is 9.97 Å². The van der Waals surface area contributed by atoms with Gasteiger partial charge in [-0.3, -0.25) is 9.97 Å². The second-order valence-corrected chi connectivity index (χ2v) is 7.25. The summed E-state index contributed by atoms with van der Waals surface area (Å²) in [5.41, 5.74) is 2.02. The van der Waals surface area contributed by atoms with Gasteiger partial charge in [-0.2, -0.15) is 0 Å². The first kappa shape index (κ1) is 17.0. The number of thiazole rings is 2. The van der Waals surface area contributed by atoms with Gasteiger partial charge in [-0.1, -0.05) is 36.4 Å². The van der Waals surface area contributed by atoms with Crippen molar-refractivity contribution in [1.82, 2.24) is 9.97 Å². The molecule has 0 saturated heterocycles. The van der Waals surface area contributed by atoms with E-state index in [1.165, 1.54) is 9.40 Å². The third-order valence-electron chi connectivity index (χ3n) is 2.55. The average molecular weight is 533 g/mol. The fourth-order valence-electron chi connectivity index (χ4n) is 1.70. The topological polar surface area (TPSA) is 25.8 Å². The molecule has 2 aromatic carbocycles. The number of rotatable bonds is 0. The van der Waals surface area contributed by atoms with Crippen LogP contribution >= 0.6 is 22.7 Å². The number of hydrogen-bond donors (Lipinski definition) is 0. The number of fused-ring (bicyclic) bond motifs is 2. The molecule has 21 heavy (non-hydrogen) atoms. The van der Waals surface area contributed by atoms with E-state index in [1.807, 2.05) is 48.5 Å². The van der Waals surface area contributed by atoms with Gasteiger partial charge in [0.25, 0.3) is 0 Å². The molecule has 0 aliphatic carbocycles. The molecular weight excluding hydrogens is 525 g/mol. The first-order valence-corrected chi connectivity index (χ1v) is 8.22. The van der Waals surface area contributed by atoms with Crippen molar-refractivity contribution in [2.45, 2.75) is 8.68 Å². The molecule has 7 heteroatoms. The zero-order valence-electron chi connectivity index (χ0n) is 10.9. The Morgan fingerprint density at radius 3 is 1.43 bits per heavy atom. The second kappa shape index (κ2) is 7.74. The maximum Gasteiger partial charge on any atom is 2.00 e. The van der Waals surface area contributed by atoms with E-state index in [9.17, 15) is 0 Å². The Morgan fingerprint density at radius 1 is 0.667 bits per heavy atom. The van der Waals surface area contributed by atoms with Crippen LogP contribution < -0.4 is 0 Å². The van der Waals surface area contributed by atoms with Crippen LogP contribution in [0.4, 0.5) is 0 Å². The van der Waals surface area contributed by atoms with Gasteiger partial charge in [0, 0.05) is 0 Å². The summed E-state index contributed by atoms with van der Waals surface area (Å²) < 4.78 is 3.79. The van der Waals surface area contributed by atoms with Gasteiger partial charge in [-0.15, -0.1) is 0 Å². The van der Waals surface area contributed by atoms with Crippen molar-refractivity contribution in [2.75, 3.05) is 0 Å². The summed E-state index contributed by atoms with van der Waals surface area (Å²) in [4.78, 5) is 8.29. The third-order valence-corrected chi connectivity index (χ3v) is 4.89. The van der Waals surface area contributed by atoms with Gasteiger partial charge < -0.3 is 47.9 Å². The van der Waals surface area contributed by atoms with Gasteiger partial charge in [0.15, 0.2) is 0 Å². The summed E-state index contributed by atoms with van der Waals surface area (Å²) in [6, 6.07) is 15.9. The molecule has 0 spiro atoms. The molecule has 2 nitrogen and oxygen atoms in total. The Kier molecular flexibility index (Phi) is 6.25. The molecule has 0 saturated carbocycles. The van der Waals surface area contributed by atoms with E-state index < -0.39 is 0 Å². The monoisotopic (exact) mass is 534 g/mol. The molecule has 0 atom stereocenters. The van der Waals surface area contributed by atoms with Gasteiger partial charge >= 0.3 is 27.7 Å². The minimum absolute atomic E-state index is 0. The van der Waals surface area contributed by atoms with Gasteiger partial charge in [0.1, 0.15) is 0 Å². The van der Waals surface area contributed by atoms with E-state index in [0.29, 0.717) is 0 Å². The van der Waals surface area contributed by atoms with Crippen molar-refractivity contribution in [1.29, 1.82) is 0 Å². The maximum absolute atomic E-state index is 4.92. The van der Waals surface area contributed by atoms with Gasteiger partial charge in [-0.05, 0) is 30.2 Å². The maximum atomic E-state index is 4.92. The van der Waals surface area contributed by atoms with E-state index in [0.717, 1.165) is 19.7 Å². The molecule has 2 heterocycles. The summed E-state index contributed by atoms with van der Waals surface area (Å²) in [7, 11) is 0. The largest absolute Gasteiger partial charge is 2.00 e. The van der Waals surface area contributed by atoms with Crippen LogP contribution in [-0.2, 0) is 52.9 Å². The van der Waals surface area contributed by atoms with Crippen molar-refractivity contribution in [2.24, 2.45) is 0 Å². The fourth-order valence-corrected chi connectivity index (χ4v) is 3.83. The summed E-state index contributed by atoms with van der Waals surface area (Å²) in [6.45, 7) is 0. The molecule has 4 aromatic rings. The molecule has 0 unspecified atom stereocenters. The standard InChI is InChI=1S/2C7H5NS2.Hg/c2*9-7-8-5-3-1-2-4-6(5)10-7;/h2*1-4H,(H,8,9);/q;;+2/p-2. The van der Waals surface area contributed by atoms with Gasteiger partial charge in [-0.25, -0.2) is 0 Å². The number of hydrogen-bond acceptors (Lipinski definition) is 6.